The summed E-state index contributed by atoms with van der Waals surface area (Å²) in [7, 11) is 4.83. The second kappa shape index (κ2) is 21.8. The number of methoxy groups -OCH3 is 2. The van der Waals surface area contributed by atoms with E-state index in [9.17, 15) is 30.0 Å². The summed E-state index contributed by atoms with van der Waals surface area (Å²) >= 11 is 5.81. The summed E-state index contributed by atoms with van der Waals surface area (Å²) in [6.45, 7) is 17.8. The first kappa shape index (κ1) is 52.3. The monoisotopic (exact) mass is 897 g/mol. The van der Waals surface area contributed by atoms with Crippen LogP contribution in [0.2, 0.25) is 0 Å². The van der Waals surface area contributed by atoms with Gasteiger partial charge in [-0.1, -0.05) is 58.0 Å². The van der Waals surface area contributed by atoms with Gasteiger partial charge >= 0.3 is 5.97 Å². The van der Waals surface area contributed by atoms with E-state index in [1.54, 1.807) is 41.5 Å². The summed E-state index contributed by atoms with van der Waals surface area (Å²) in [5, 5.41) is 50.2. The molecule has 3 aliphatic heterocycles. The minimum absolute atomic E-state index is 0.0681. The Morgan fingerprint density at radius 1 is 0.919 bits per heavy atom. The van der Waals surface area contributed by atoms with E-state index in [0.29, 0.717) is 18.1 Å². The normalized spacial score (nSPS) is 42.9. The highest BCUT2D eigenvalue weighted by atomic mass is 32.1. The van der Waals surface area contributed by atoms with E-state index in [4.69, 9.17) is 45.4 Å². The predicted molar refractivity (Wildman–Crippen MR) is 236 cm³/mol. The van der Waals surface area contributed by atoms with Crippen molar-refractivity contribution >= 4 is 29.1 Å². The number of rotatable bonds is 10. The molecule has 1 unspecified atom stereocenters. The Balaban J connectivity index is 1.80. The van der Waals surface area contributed by atoms with Crippen molar-refractivity contribution < 1.29 is 63.2 Å². The zero-order valence-electron chi connectivity index (χ0n) is 39.1. The number of benzene rings is 1. The molecule has 16 heteroatoms. The van der Waals surface area contributed by atoms with Crippen LogP contribution in [0.3, 0.4) is 0 Å². The van der Waals surface area contributed by atoms with Crippen molar-refractivity contribution in [1.82, 2.24) is 10.2 Å². The third-order valence-corrected chi connectivity index (χ3v) is 14.3. The van der Waals surface area contributed by atoms with Crippen LogP contribution >= 0.6 is 12.2 Å². The maximum Gasteiger partial charge on any atom is 0.311 e. The van der Waals surface area contributed by atoms with E-state index in [1.165, 1.54) is 21.1 Å². The lowest BCUT2D eigenvalue weighted by atomic mass is 9.76. The molecule has 3 fully saturated rings. The van der Waals surface area contributed by atoms with Crippen LogP contribution in [0.5, 0.6) is 0 Å². The molecule has 3 heterocycles. The molecule has 4 rings (SSSR count). The number of Topliss-reactive ketones (excluding diaryl/α,β-unsaturated/α-hetero) is 1. The lowest BCUT2D eigenvalue weighted by molar-refractivity contribution is -0.318. The van der Waals surface area contributed by atoms with Gasteiger partial charge in [0, 0.05) is 52.5 Å². The minimum atomic E-state index is -1.91. The van der Waals surface area contributed by atoms with Gasteiger partial charge in [0.15, 0.2) is 17.7 Å². The van der Waals surface area contributed by atoms with Gasteiger partial charge in [0.2, 0.25) is 0 Å². The SMILES string of the molecule is CC[C@H]1OC(=O)[C@H](C)[C@@H](O[C@H]2C[C@@](C)(OC)[C@@H](O)[C@H](C)O2)[C@H](C)[C@@H](OC2O[C@H](C)C[C@H](N(C)C(=S)NCc3ccccc3)[C@H]2O)[C@](C)(OC)C[C@@H](C)C(=O)C[C@H](C)[C@@H](O)[C@]1(C)O. The summed E-state index contributed by atoms with van der Waals surface area (Å²) in [6, 6.07) is 9.31. The Kier molecular flexibility index (Phi) is 18.3. The van der Waals surface area contributed by atoms with Crippen LogP contribution < -0.4 is 5.32 Å². The molecule has 0 spiro atoms. The standard InChI is InChI=1S/C46H76N2O13S/c1-14-34-46(10,54)38(51)25(2)20-33(49)26(3)22-45(9,56-13)40(28(5)37(29(6)41(53)59-34)60-35-23-44(8,55-12)39(52)30(7)58-35)61-42-36(50)32(21-27(4)57-42)48(11)43(62)47-24-31-18-16-15-17-19-31/h15-19,25-30,32,34-40,42,50-52,54H,14,20-24H2,1-13H3,(H,47,62)/t25-,26+,27+,28-,29+,30-,32-,34+,35-,36+,37-,38+,39-,40+,42?,44+,45+,46+/m0/s1. The predicted octanol–water partition coefficient (Wildman–Crippen LogP) is 4.27. The van der Waals surface area contributed by atoms with E-state index in [1.807, 2.05) is 63.1 Å². The molecular weight excluding hydrogens is 821 g/mol. The molecule has 18 atom stereocenters. The highest BCUT2D eigenvalue weighted by Crippen LogP contribution is 2.41. The van der Waals surface area contributed by atoms with Crippen molar-refractivity contribution in [2.75, 3.05) is 21.3 Å². The molecule has 1 aromatic carbocycles. The molecule has 354 valence electrons. The number of thiocarbonyl (C=S) groups is 1. The van der Waals surface area contributed by atoms with Crippen molar-refractivity contribution in [2.24, 2.45) is 23.7 Å². The highest BCUT2D eigenvalue weighted by Gasteiger charge is 2.53. The van der Waals surface area contributed by atoms with Crippen LogP contribution in [0.25, 0.3) is 0 Å². The Bertz CT molecular complexity index is 1620. The zero-order valence-corrected chi connectivity index (χ0v) is 39.9. The van der Waals surface area contributed by atoms with Crippen molar-refractivity contribution in [3.63, 3.8) is 0 Å². The van der Waals surface area contributed by atoms with Gasteiger partial charge < -0.3 is 63.8 Å². The number of esters is 1. The van der Waals surface area contributed by atoms with E-state index in [-0.39, 0.29) is 37.6 Å². The molecule has 5 N–H and O–H groups in total. The van der Waals surface area contributed by atoms with Gasteiger partial charge in [-0.15, -0.1) is 0 Å². The summed E-state index contributed by atoms with van der Waals surface area (Å²) in [6.07, 6.45) is -9.41. The summed E-state index contributed by atoms with van der Waals surface area (Å²) in [5.74, 6) is -4.05. The Labute approximate surface area is 374 Å². The number of likely N-dealkylation sites (N-methyl/N-ethyl adjacent to an activating group) is 1. The molecule has 0 bridgehead atoms. The molecule has 0 aliphatic carbocycles. The lowest BCUT2D eigenvalue weighted by Gasteiger charge is -2.49. The average Bonchev–Trinajstić information content (AvgIpc) is 3.24. The van der Waals surface area contributed by atoms with Crippen LogP contribution in [-0.2, 0) is 49.3 Å². The molecule has 3 aliphatic rings. The molecule has 15 nitrogen and oxygen atoms in total. The lowest BCUT2D eigenvalue weighted by Crippen LogP contribution is -2.62. The largest absolute Gasteiger partial charge is 0.459 e. The Morgan fingerprint density at radius 2 is 1.55 bits per heavy atom. The quantitative estimate of drug-likeness (QED) is 0.165. The molecule has 3 saturated heterocycles. The first-order chi connectivity index (χ1) is 28.9. The molecule has 0 radical (unpaired) electrons. The number of aliphatic hydroxyl groups excluding tert-OH is 3. The summed E-state index contributed by atoms with van der Waals surface area (Å²) in [5.41, 5.74) is -3.21. The topological polar surface area (TPSA) is 195 Å². The molecule has 62 heavy (non-hydrogen) atoms. The third-order valence-electron chi connectivity index (χ3n) is 13.9. The van der Waals surface area contributed by atoms with Gasteiger partial charge in [0.1, 0.15) is 29.7 Å². The van der Waals surface area contributed by atoms with Gasteiger partial charge in [0.05, 0.1) is 53.7 Å². The average molecular weight is 897 g/mol. The third kappa shape index (κ3) is 11.9. The number of ether oxygens (including phenoxy) is 7. The molecule has 0 amide bonds. The van der Waals surface area contributed by atoms with Crippen molar-refractivity contribution in [3.05, 3.63) is 35.9 Å². The van der Waals surface area contributed by atoms with Gasteiger partial charge in [-0.2, -0.15) is 0 Å². The number of nitrogens with zero attached hydrogens (tertiary/aromatic N) is 1. The number of carbonyl (C=O) groups excluding carboxylic acids is 2. The van der Waals surface area contributed by atoms with Gasteiger partial charge in [-0.3, -0.25) is 9.59 Å². The first-order valence-corrected chi connectivity index (χ1v) is 22.6. The van der Waals surface area contributed by atoms with Gasteiger partial charge in [-0.05, 0) is 84.5 Å². The summed E-state index contributed by atoms with van der Waals surface area (Å²) < 4.78 is 44.6. The molecule has 1 aromatic rings. The van der Waals surface area contributed by atoms with Crippen LogP contribution in [0, 0.1) is 23.7 Å². The fourth-order valence-corrected chi connectivity index (χ4v) is 9.82. The van der Waals surface area contributed by atoms with Gasteiger partial charge in [-0.25, -0.2) is 0 Å². The molecule has 0 saturated carbocycles. The zero-order chi connectivity index (χ0) is 46.5. The van der Waals surface area contributed by atoms with Crippen molar-refractivity contribution in [3.8, 4) is 0 Å². The Hall–Kier alpha value is -2.35. The fourth-order valence-electron chi connectivity index (χ4n) is 9.61. The molecule has 0 aromatic heterocycles. The van der Waals surface area contributed by atoms with Gasteiger partial charge in [0.25, 0.3) is 0 Å². The van der Waals surface area contributed by atoms with Crippen LogP contribution in [0.1, 0.15) is 107 Å². The second-order valence-corrected chi connectivity index (χ2v) is 19.3. The maximum atomic E-state index is 14.4. The highest BCUT2D eigenvalue weighted by molar-refractivity contribution is 7.80. The minimum Gasteiger partial charge on any atom is -0.459 e. The van der Waals surface area contributed by atoms with Crippen LogP contribution in [0.4, 0.5) is 0 Å². The van der Waals surface area contributed by atoms with Crippen LogP contribution in [-0.4, -0.2) is 148 Å². The number of hydrogen-bond donors (Lipinski definition) is 5. The summed E-state index contributed by atoms with van der Waals surface area (Å²) in [4.78, 5) is 30.3. The second-order valence-electron chi connectivity index (χ2n) is 18.9. The van der Waals surface area contributed by atoms with Crippen molar-refractivity contribution in [2.45, 2.75) is 192 Å². The molecular formula is C46H76N2O13S. The number of aliphatic hydroxyl groups is 4. The van der Waals surface area contributed by atoms with E-state index >= 15 is 0 Å². The van der Waals surface area contributed by atoms with Crippen molar-refractivity contribution in [1.29, 1.82) is 0 Å². The first-order valence-electron chi connectivity index (χ1n) is 22.2. The van der Waals surface area contributed by atoms with E-state index in [0.717, 1.165) is 5.56 Å². The van der Waals surface area contributed by atoms with E-state index < -0.39 is 108 Å². The number of carbonyl (C=O) groups is 2. The Morgan fingerprint density at radius 3 is 2.15 bits per heavy atom. The van der Waals surface area contributed by atoms with Crippen LogP contribution in [0.15, 0.2) is 30.3 Å². The number of hydrogen-bond acceptors (Lipinski definition) is 14. The maximum absolute atomic E-state index is 14.4. The number of nitrogens with one attached hydrogen (secondary N) is 1. The van der Waals surface area contributed by atoms with E-state index in [2.05, 4.69) is 5.32 Å². The number of ketones is 1. The fraction of sp³-hybridized carbons (Fsp3) is 0.804. The smallest absolute Gasteiger partial charge is 0.311 e. The number of cyclic esters (lactones) is 1.